The van der Waals surface area contributed by atoms with Crippen molar-refractivity contribution in [1.29, 1.82) is 0 Å². The summed E-state index contributed by atoms with van der Waals surface area (Å²) in [5.74, 6) is 0. The lowest BCUT2D eigenvalue weighted by Gasteiger charge is -2.49. The lowest BCUT2D eigenvalue weighted by molar-refractivity contribution is 0.131. The van der Waals surface area contributed by atoms with Gasteiger partial charge in [-0.1, -0.05) is 30.9 Å². The summed E-state index contributed by atoms with van der Waals surface area (Å²) in [5.41, 5.74) is 2.03. The van der Waals surface area contributed by atoms with Gasteiger partial charge in [0.25, 0.3) is 0 Å². The van der Waals surface area contributed by atoms with E-state index >= 15 is 0 Å². The molecule has 0 saturated carbocycles. The van der Waals surface area contributed by atoms with Crippen molar-refractivity contribution < 1.29 is 37.0 Å². The molecule has 0 aliphatic heterocycles. The van der Waals surface area contributed by atoms with Crippen molar-refractivity contribution >= 4 is 96.4 Å². The molecule has 49 heavy (non-hydrogen) atoms. The molecule has 0 saturated heterocycles. The van der Waals surface area contributed by atoms with Crippen LogP contribution in [0, 0.1) is 6.92 Å². The Balaban J connectivity index is 4.53. The molecular weight excluding hydrogens is 785 g/mol. The third kappa shape index (κ3) is 18.6. The van der Waals surface area contributed by atoms with E-state index in [1.165, 1.54) is 0 Å². The van der Waals surface area contributed by atoms with E-state index in [0.29, 0.717) is 0 Å². The Morgan fingerprint density at radius 2 is 0.653 bits per heavy atom. The lowest BCUT2D eigenvalue weighted by Crippen LogP contribution is -2.75. The molecule has 286 valence electrons. The molecule has 0 aliphatic rings. The van der Waals surface area contributed by atoms with Crippen LogP contribution < -0.4 is 5.19 Å². The van der Waals surface area contributed by atoms with Gasteiger partial charge >= 0.3 is 35.2 Å². The van der Waals surface area contributed by atoms with Crippen molar-refractivity contribution in [1.82, 2.24) is 0 Å². The van der Waals surface area contributed by atoms with Crippen molar-refractivity contribution in [2.75, 3.05) is 0 Å². The van der Waals surface area contributed by atoms with E-state index in [1.807, 2.05) is 37.8 Å². The zero-order valence-electron chi connectivity index (χ0n) is 35.2. The van der Waals surface area contributed by atoms with Crippen molar-refractivity contribution in [3.63, 3.8) is 0 Å². The van der Waals surface area contributed by atoms with Gasteiger partial charge in [-0.05, 0) is 136 Å². The summed E-state index contributed by atoms with van der Waals surface area (Å²) in [6, 6.07) is 6.17. The second kappa shape index (κ2) is 16.2. The molecule has 0 amide bonds. The number of aryl methyl sites for hydroxylation is 1. The molecule has 0 N–H and O–H groups in total. The zero-order chi connectivity index (χ0) is 38.9. The standard InChI is InChI=1S/C30H72O9Si10/c1-24-29-25-26-30(27-28(29)2)49(37-46(21,31-40(3,4)5)32-41(6,7)8,38-47(22,33-42(9,10)11)34-43(12,13)14)39-48(23,35-44(15,16)17)36-45(18,19)20/h24-27H,1H2,2-23H3. The van der Waals surface area contributed by atoms with Crippen LogP contribution in [0.25, 0.3) is 6.08 Å². The van der Waals surface area contributed by atoms with Crippen LogP contribution in [-0.4, -0.2) is 85.1 Å². The van der Waals surface area contributed by atoms with Crippen LogP contribution in [0.15, 0.2) is 24.8 Å². The summed E-state index contributed by atoms with van der Waals surface area (Å²) in [5, 5.41) is 0.766. The fraction of sp³-hybridized carbons (Fsp3) is 0.733. The summed E-state index contributed by atoms with van der Waals surface area (Å²) >= 11 is 0. The van der Waals surface area contributed by atoms with Crippen LogP contribution in [0.2, 0.25) is 137 Å². The highest BCUT2D eigenvalue weighted by Crippen LogP contribution is 2.35. The first kappa shape index (κ1) is 47.8. The fourth-order valence-electron chi connectivity index (χ4n) is 5.59. The summed E-state index contributed by atoms with van der Waals surface area (Å²) in [6.45, 7) is 51.0. The Morgan fingerprint density at radius 1 is 0.408 bits per heavy atom. The SMILES string of the molecule is C=Cc1ccc([Si](O[Si](C)(O[Si](C)(C)C)O[Si](C)(C)C)(O[Si](C)(O[Si](C)(C)C)O[Si](C)(C)C)O[Si](C)(O[Si](C)(C)C)O[Si](C)(C)C)cc1C. The summed E-state index contributed by atoms with van der Waals surface area (Å²) in [6.07, 6.45) is 1.86. The summed E-state index contributed by atoms with van der Waals surface area (Å²) in [4.78, 5) is 0. The van der Waals surface area contributed by atoms with Gasteiger partial charge in [-0.3, -0.25) is 0 Å². The van der Waals surface area contributed by atoms with E-state index < -0.39 is 85.1 Å². The number of rotatable bonds is 20. The molecule has 0 unspecified atom stereocenters. The van der Waals surface area contributed by atoms with Crippen LogP contribution >= 0.6 is 0 Å². The first-order chi connectivity index (χ1) is 21.3. The zero-order valence-corrected chi connectivity index (χ0v) is 45.2. The maximum atomic E-state index is 7.59. The number of hydrogen-bond donors (Lipinski definition) is 0. The number of benzene rings is 1. The van der Waals surface area contributed by atoms with E-state index in [4.69, 9.17) is 37.0 Å². The first-order valence-electron chi connectivity index (χ1n) is 17.4. The van der Waals surface area contributed by atoms with Gasteiger partial charge in [0.1, 0.15) is 0 Å². The van der Waals surface area contributed by atoms with E-state index in [9.17, 15) is 0 Å². The second-order valence-electron chi connectivity index (χ2n) is 19.0. The van der Waals surface area contributed by atoms with Gasteiger partial charge in [-0.15, -0.1) is 0 Å². The minimum Gasteiger partial charge on any atom is -0.417 e. The van der Waals surface area contributed by atoms with E-state index in [-0.39, 0.29) is 0 Å². The third-order valence-corrected chi connectivity index (χ3v) is 38.0. The molecule has 0 heterocycles. The third-order valence-electron chi connectivity index (χ3n) is 5.75. The van der Waals surface area contributed by atoms with Gasteiger partial charge in [0, 0.05) is 24.8 Å². The Kier molecular flexibility index (Phi) is 15.8. The van der Waals surface area contributed by atoms with Crippen LogP contribution in [0.5, 0.6) is 0 Å². The number of hydrogen-bond acceptors (Lipinski definition) is 9. The summed E-state index contributed by atoms with van der Waals surface area (Å²) in [7, 11) is -28.2. The van der Waals surface area contributed by atoms with Crippen LogP contribution in [0.4, 0.5) is 0 Å². The second-order valence-corrected chi connectivity index (χ2v) is 58.6. The molecule has 0 aromatic heterocycles. The Morgan fingerprint density at radius 3 is 0.837 bits per heavy atom. The molecule has 9 nitrogen and oxygen atoms in total. The maximum Gasteiger partial charge on any atom is 0.515 e. The Labute approximate surface area is 312 Å². The minimum atomic E-state index is -4.21. The highest BCUT2D eigenvalue weighted by atomic mass is 28.6. The molecule has 0 spiro atoms. The smallest absolute Gasteiger partial charge is 0.417 e. The van der Waals surface area contributed by atoms with Crippen molar-refractivity contribution in [3.05, 3.63) is 35.9 Å². The Hall–Kier alpha value is 0.769. The first-order valence-corrected chi connectivity index (χ1v) is 46.2. The van der Waals surface area contributed by atoms with Crippen molar-refractivity contribution in [3.8, 4) is 0 Å². The highest BCUT2D eigenvalue weighted by molar-refractivity contribution is 6.98. The molecule has 19 heteroatoms. The molecule has 1 aromatic carbocycles. The molecule has 0 bridgehead atoms. The quantitative estimate of drug-likeness (QED) is 0.119. The van der Waals surface area contributed by atoms with Crippen molar-refractivity contribution in [2.24, 2.45) is 0 Å². The van der Waals surface area contributed by atoms with Gasteiger partial charge < -0.3 is 37.0 Å². The molecule has 0 fully saturated rings. The van der Waals surface area contributed by atoms with E-state index in [0.717, 1.165) is 16.3 Å². The maximum absolute atomic E-state index is 7.59. The average molecular weight is 858 g/mol. The molecule has 1 aromatic rings. The van der Waals surface area contributed by atoms with E-state index in [2.05, 4.69) is 137 Å². The largest absolute Gasteiger partial charge is 0.515 e. The van der Waals surface area contributed by atoms with Crippen LogP contribution in [-0.2, 0) is 37.0 Å². The lowest BCUT2D eigenvalue weighted by atomic mass is 10.1. The summed E-state index contributed by atoms with van der Waals surface area (Å²) < 4.78 is 64.8. The Bertz CT molecular complexity index is 1100. The van der Waals surface area contributed by atoms with Gasteiger partial charge in [0.2, 0.25) is 0 Å². The predicted octanol–water partition coefficient (Wildman–Crippen LogP) is 9.65. The average Bonchev–Trinajstić information content (AvgIpc) is 2.69. The molecule has 0 aliphatic carbocycles. The monoisotopic (exact) mass is 856 g/mol. The van der Waals surface area contributed by atoms with Gasteiger partial charge in [0.05, 0.1) is 0 Å². The molecule has 1 rings (SSSR count). The molecule has 0 atom stereocenters. The van der Waals surface area contributed by atoms with E-state index in [1.54, 1.807) is 0 Å². The normalized spacial score (nSPS) is 15.1. The van der Waals surface area contributed by atoms with Gasteiger partial charge in [0.15, 0.2) is 49.9 Å². The predicted molar refractivity (Wildman–Crippen MR) is 231 cm³/mol. The van der Waals surface area contributed by atoms with Crippen molar-refractivity contribution in [2.45, 2.75) is 144 Å². The van der Waals surface area contributed by atoms with Gasteiger partial charge in [-0.2, -0.15) is 0 Å². The highest BCUT2D eigenvalue weighted by Gasteiger charge is 2.64. The topological polar surface area (TPSA) is 83.1 Å². The minimum absolute atomic E-state index is 0.766. The van der Waals surface area contributed by atoms with Gasteiger partial charge in [-0.25, -0.2) is 0 Å². The fourth-order valence-corrected chi connectivity index (χ4v) is 46.7. The van der Waals surface area contributed by atoms with Crippen LogP contribution in [0.1, 0.15) is 11.1 Å². The molecule has 0 radical (unpaired) electrons. The van der Waals surface area contributed by atoms with Crippen LogP contribution in [0.3, 0.4) is 0 Å². The molecular formula is C30H72O9Si10.